The molecular formula is C23H16Cl4N2O. The minimum atomic E-state index is -0.533. The Kier molecular flexibility index (Phi) is 5.11. The van der Waals surface area contributed by atoms with Crippen LogP contribution in [0, 0.1) is 6.92 Å². The molecule has 152 valence electrons. The van der Waals surface area contributed by atoms with Crippen molar-refractivity contribution in [2.75, 3.05) is 0 Å². The molecule has 3 aromatic carbocycles. The first-order chi connectivity index (χ1) is 14.4. The van der Waals surface area contributed by atoms with Gasteiger partial charge in [-0.1, -0.05) is 82.3 Å². The molecule has 0 N–H and O–H groups in total. The number of ether oxygens (including phenoxy) is 1. The summed E-state index contributed by atoms with van der Waals surface area (Å²) in [4.78, 5) is 0. The van der Waals surface area contributed by atoms with Crippen molar-refractivity contribution in [3.05, 3.63) is 96.9 Å². The van der Waals surface area contributed by atoms with Crippen molar-refractivity contribution >= 4 is 52.1 Å². The van der Waals surface area contributed by atoms with Crippen molar-refractivity contribution in [3.63, 3.8) is 0 Å². The Balaban J connectivity index is 1.64. The molecule has 30 heavy (non-hydrogen) atoms. The van der Waals surface area contributed by atoms with E-state index in [1.165, 1.54) is 5.56 Å². The lowest BCUT2D eigenvalue weighted by atomic mass is 9.95. The maximum Gasteiger partial charge on any atom is 0.215 e. The van der Waals surface area contributed by atoms with Crippen LogP contribution in [0.1, 0.15) is 40.9 Å². The predicted octanol–water partition coefficient (Wildman–Crippen LogP) is 7.85. The van der Waals surface area contributed by atoms with E-state index in [2.05, 4.69) is 31.2 Å². The number of fused-ring (bicyclic) bond motifs is 3. The summed E-state index contributed by atoms with van der Waals surface area (Å²) in [5.74, 6) is 0.610. The molecule has 0 radical (unpaired) electrons. The van der Waals surface area contributed by atoms with Crippen molar-refractivity contribution in [2.24, 2.45) is 5.10 Å². The molecule has 0 bridgehead atoms. The molecule has 0 fully saturated rings. The van der Waals surface area contributed by atoms with E-state index in [1.54, 1.807) is 18.2 Å². The first-order valence-electron chi connectivity index (χ1n) is 9.44. The molecule has 2 aliphatic heterocycles. The van der Waals surface area contributed by atoms with Crippen LogP contribution < -0.4 is 4.74 Å². The molecule has 0 saturated carbocycles. The topological polar surface area (TPSA) is 24.8 Å². The summed E-state index contributed by atoms with van der Waals surface area (Å²) in [5, 5.41) is 8.99. The quantitative estimate of drug-likeness (QED) is 0.375. The third-order valence-corrected chi connectivity index (χ3v) is 6.48. The maximum absolute atomic E-state index is 6.52. The molecule has 2 heterocycles. The van der Waals surface area contributed by atoms with Gasteiger partial charge in [0.05, 0.1) is 21.8 Å². The molecule has 3 nitrogen and oxygen atoms in total. The average Bonchev–Trinajstić information content (AvgIpc) is 3.14. The Bertz CT molecular complexity index is 1180. The van der Waals surface area contributed by atoms with E-state index in [-0.39, 0.29) is 6.04 Å². The molecule has 3 aromatic rings. The molecule has 0 amide bonds. The van der Waals surface area contributed by atoms with Crippen LogP contribution in [0.15, 0.2) is 59.7 Å². The summed E-state index contributed by atoms with van der Waals surface area (Å²) >= 11 is 25.4. The minimum absolute atomic E-state index is 0.0713. The normalized spacial score (nSPS) is 19.8. The second-order valence-corrected chi connectivity index (χ2v) is 9.14. The van der Waals surface area contributed by atoms with Gasteiger partial charge in [0.15, 0.2) is 0 Å². The van der Waals surface area contributed by atoms with E-state index in [1.807, 2.05) is 17.1 Å². The molecular weight excluding hydrogens is 462 g/mol. The third kappa shape index (κ3) is 3.44. The van der Waals surface area contributed by atoms with E-state index in [9.17, 15) is 0 Å². The highest BCUT2D eigenvalue weighted by Gasteiger charge is 2.42. The van der Waals surface area contributed by atoms with Crippen molar-refractivity contribution < 1.29 is 4.74 Å². The zero-order valence-corrected chi connectivity index (χ0v) is 18.9. The number of benzene rings is 3. The third-order valence-electron chi connectivity index (χ3n) is 5.42. The summed E-state index contributed by atoms with van der Waals surface area (Å²) in [6, 6.07) is 17.2. The van der Waals surface area contributed by atoms with Gasteiger partial charge in [0.2, 0.25) is 6.23 Å². The molecule has 0 aliphatic carbocycles. The fourth-order valence-electron chi connectivity index (χ4n) is 3.94. The molecule has 0 spiro atoms. The number of hydrazone groups is 1. The van der Waals surface area contributed by atoms with E-state index in [4.69, 9.17) is 56.2 Å². The Morgan fingerprint density at radius 3 is 2.33 bits per heavy atom. The standard InChI is InChI=1S/C23H16Cl4N2O/c1-12-2-4-13(5-3-12)20-11-21-17-8-15(25)10-19(27)22(17)30-23(29(21)28-20)16-7-6-14(24)9-18(16)26/h2-10,21,23H,11H2,1H3/t21-,23+/m1/s1. The van der Waals surface area contributed by atoms with Gasteiger partial charge in [-0.25, -0.2) is 5.01 Å². The van der Waals surface area contributed by atoms with Crippen LogP contribution in [0.5, 0.6) is 5.75 Å². The Labute approximate surface area is 194 Å². The fourth-order valence-corrected chi connectivity index (χ4v) is 5.00. The lowest BCUT2D eigenvalue weighted by molar-refractivity contribution is -0.0188. The van der Waals surface area contributed by atoms with Crippen LogP contribution >= 0.6 is 46.4 Å². The predicted molar refractivity (Wildman–Crippen MR) is 123 cm³/mol. The number of aryl methyl sites for hydroxylation is 1. The molecule has 7 heteroatoms. The van der Waals surface area contributed by atoms with Crippen molar-refractivity contribution in [1.29, 1.82) is 0 Å². The first-order valence-corrected chi connectivity index (χ1v) is 11.0. The summed E-state index contributed by atoms with van der Waals surface area (Å²) in [5.41, 5.74) is 4.94. The number of hydrogen-bond acceptors (Lipinski definition) is 3. The lowest BCUT2D eigenvalue weighted by Crippen LogP contribution is -2.34. The molecule has 0 unspecified atom stereocenters. The zero-order chi connectivity index (χ0) is 21.0. The van der Waals surface area contributed by atoms with Gasteiger partial charge in [-0.3, -0.25) is 0 Å². The van der Waals surface area contributed by atoms with Crippen molar-refractivity contribution in [3.8, 4) is 5.75 Å². The van der Waals surface area contributed by atoms with Gasteiger partial charge in [0.25, 0.3) is 0 Å². The van der Waals surface area contributed by atoms with Gasteiger partial charge >= 0.3 is 0 Å². The lowest BCUT2D eigenvalue weighted by Gasteiger charge is -2.39. The fraction of sp³-hybridized carbons (Fsp3) is 0.174. The molecule has 2 atom stereocenters. The zero-order valence-electron chi connectivity index (χ0n) is 15.9. The number of rotatable bonds is 2. The highest BCUT2D eigenvalue weighted by Crippen LogP contribution is 2.51. The second-order valence-electron chi connectivity index (χ2n) is 7.45. The number of nitrogens with zero attached hydrogens (tertiary/aromatic N) is 2. The highest BCUT2D eigenvalue weighted by molar-refractivity contribution is 6.36. The summed E-state index contributed by atoms with van der Waals surface area (Å²) < 4.78 is 6.34. The van der Waals surface area contributed by atoms with Gasteiger partial charge in [-0.05, 0) is 36.8 Å². The van der Waals surface area contributed by atoms with Gasteiger partial charge in [-0.15, -0.1) is 0 Å². The molecule has 0 aromatic heterocycles. The maximum atomic E-state index is 6.52. The van der Waals surface area contributed by atoms with Crippen LogP contribution in [-0.4, -0.2) is 10.7 Å². The second kappa shape index (κ2) is 7.65. The van der Waals surface area contributed by atoms with Crippen molar-refractivity contribution in [1.82, 2.24) is 5.01 Å². The minimum Gasteiger partial charge on any atom is -0.463 e. The number of hydrogen-bond donors (Lipinski definition) is 0. The van der Waals surface area contributed by atoms with Crippen LogP contribution in [0.2, 0.25) is 20.1 Å². The van der Waals surface area contributed by atoms with Crippen LogP contribution in [0.3, 0.4) is 0 Å². The Morgan fingerprint density at radius 1 is 0.867 bits per heavy atom. The van der Waals surface area contributed by atoms with Crippen LogP contribution in [0.25, 0.3) is 0 Å². The smallest absolute Gasteiger partial charge is 0.215 e. The average molecular weight is 478 g/mol. The highest BCUT2D eigenvalue weighted by atomic mass is 35.5. The van der Waals surface area contributed by atoms with E-state index in [0.29, 0.717) is 32.3 Å². The van der Waals surface area contributed by atoms with Crippen LogP contribution in [0.4, 0.5) is 0 Å². The Morgan fingerprint density at radius 2 is 1.60 bits per heavy atom. The van der Waals surface area contributed by atoms with E-state index >= 15 is 0 Å². The number of halogens is 4. The monoisotopic (exact) mass is 476 g/mol. The van der Waals surface area contributed by atoms with Crippen LogP contribution in [-0.2, 0) is 0 Å². The van der Waals surface area contributed by atoms with Gasteiger partial charge in [0, 0.05) is 27.6 Å². The molecule has 5 rings (SSSR count). The van der Waals surface area contributed by atoms with Gasteiger partial charge < -0.3 is 4.74 Å². The molecule has 2 aliphatic rings. The van der Waals surface area contributed by atoms with Crippen molar-refractivity contribution in [2.45, 2.75) is 25.6 Å². The summed E-state index contributed by atoms with van der Waals surface area (Å²) in [7, 11) is 0. The largest absolute Gasteiger partial charge is 0.463 e. The summed E-state index contributed by atoms with van der Waals surface area (Å²) in [6.07, 6.45) is 0.173. The van der Waals surface area contributed by atoms with Gasteiger partial charge in [-0.2, -0.15) is 5.10 Å². The summed E-state index contributed by atoms with van der Waals surface area (Å²) in [6.45, 7) is 2.07. The first kappa shape index (κ1) is 20.0. The van der Waals surface area contributed by atoms with E-state index < -0.39 is 6.23 Å². The SMILES string of the molecule is Cc1ccc(C2=NN3[C@H](C2)c2cc(Cl)cc(Cl)c2O[C@H]3c2ccc(Cl)cc2Cl)cc1. The Hall–Kier alpha value is -1.91. The van der Waals surface area contributed by atoms with Gasteiger partial charge in [0.1, 0.15) is 5.75 Å². The molecule has 0 saturated heterocycles. The van der Waals surface area contributed by atoms with E-state index in [0.717, 1.165) is 22.4 Å².